The second-order valence-corrected chi connectivity index (χ2v) is 9.58. The van der Waals surface area contributed by atoms with E-state index in [-0.39, 0.29) is 23.8 Å². The molecule has 0 spiro atoms. The van der Waals surface area contributed by atoms with E-state index in [0.717, 1.165) is 24.9 Å². The molecule has 6 heteroatoms. The third-order valence-electron chi connectivity index (χ3n) is 6.24. The quantitative estimate of drug-likeness (QED) is 0.501. The largest absolute Gasteiger partial charge is 0.338 e. The molecule has 3 amide bonds. The van der Waals surface area contributed by atoms with Crippen molar-refractivity contribution in [3.63, 3.8) is 0 Å². The molecule has 0 radical (unpaired) electrons. The van der Waals surface area contributed by atoms with Crippen LogP contribution in [0.5, 0.6) is 0 Å². The summed E-state index contributed by atoms with van der Waals surface area (Å²) in [7, 11) is 0. The van der Waals surface area contributed by atoms with Gasteiger partial charge in [0.2, 0.25) is 5.91 Å². The lowest BCUT2D eigenvalue weighted by Gasteiger charge is -2.37. The maximum Gasteiger partial charge on any atom is 0.317 e. The second-order valence-electron chi connectivity index (χ2n) is 8.55. The van der Waals surface area contributed by atoms with Crippen molar-refractivity contribution in [2.75, 3.05) is 25.0 Å². The van der Waals surface area contributed by atoms with Gasteiger partial charge >= 0.3 is 6.03 Å². The Morgan fingerprint density at radius 1 is 1.00 bits per heavy atom. The van der Waals surface area contributed by atoms with Gasteiger partial charge in [0.1, 0.15) is 0 Å². The van der Waals surface area contributed by atoms with Crippen LogP contribution in [-0.2, 0) is 17.6 Å². The van der Waals surface area contributed by atoms with Gasteiger partial charge in [-0.1, -0.05) is 55.5 Å². The van der Waals surface area contributed by atoms with E-state index in [1.165, 1.54) is 16.0 Å². The Morgan fingerprint density at radius 2 is 1.79 bits per heavy atom. The van der Waals surface area contributed by atoms with Gasteiger partial charge in [-0.3, -0.25) is 4.79 Å². The van der Waals surface area contributed by atoms with Crippen molar-refractivity contribution in [1.29, 1.82) is 0 Å². The maximum atomic E-state index is 13.1. The number of nitrogens with zero attached hydrogens (tertiary/aromatic N) is 1. The van der Waals surface area contributed by atoms with Crippen LogP contribution in [0.3, 0.4) is 0 Å². The average molecular weight is 462 g/mol. The van der Waals surface area contributed by atoms with E-state index in [9.17, 15) is 9.59 Å². The van der Waals surface area contributed by atoms with Gasteiger partial charge < -0.3 is 15.5 Å². The van der Waals surface area contributed by atoms with E-state index < -0.39 is 0 Å². The molecule has 2 heterocycles. The van der Waals surface area contributed by atoms with E-state index in [1.807, 2.05) is 46.7 Å². The van der Waals surface area contributed by atoms with Crippen molar-refractivity contribution in [1.82, 2.24) is 10.2 Å². The summed E-state index contributed by atoms with van der Waals surface area (Å²) in [6.45, 7) is 3.77. The molecule has 2 aromatic carbocycles. The van der Waals surface area contributed by atoms with Crippen molar-refractivity contribution < 1.29 is 9.59 Å². The minimum Gasteiger partial charge on any atom is -0.338 e. The third kappa shape index (κ3) is 6.23. The molecule has 4 rings (SSSR count). The number of likely N-dealkylation sites (tertiary alicyclic amines) is 1. The second kappa shape index (κ2) is 11.1. The zero-order valence-electron chi connectivity index (χ0n) is 19.0. The summed E-state index contributed by atoms with van der Waals surface area (Å²) in [6, 6.07) is 22.1. The van der Waals surface area contributed by atoms with Gasteiger partial charge in [-0.15, -0.1) is 11.3 Å². The SMILES string of the molecule is CCc1ccc(C2CC(C(=O)Nc3ccccc3)CN(C(=O)NCCc3cccs3)C2)cc1. The summed E-state index contributed by atoms with van der Waals surface area (Å²) in [5, 5.41) is 8.13. The van der Waals surface area contributed by atoms with Gasteiger partial charge in [-0.05, 0) is 54.0 Å². The van der Waals surface area contributed by atoms with Crippen LogP contribution >= 0.6 is 11.3 Å². The summed E-state index contributed by atoms with van der Waals surface area (Å²) in [5.41, 5.74) is 3.25. The zero-order chi connectivity index (χ0) is 23.0. The van der Waals surface area contributed by atoms with Crippen LogP contribution in [0.4, 0.5) is 10.5 Å². The molecule has 1 saturated heterocycles. The number of aryl methyl sites for hydroxylation is 1. The van der Waals surface area contributed by atoms with Crippen molar-refractivity contribution in [3.05, 3.63) is 88.1 Å². The van der Waals surface area contributed by atoms with Crippen molar-refractivity contribution in [2.24, 2.45) is 5.92 Å². The van der Waals surface area contributed by atoms with Crippen LogP contribution in [0.2, 0.25) is 0 Å². The first-order chi connectivity index (χ1) is 16.1. The lowest BCUT2D eigenvalue weighted by Crippen LogP contribution is -2.50. The first-order valence-electron chi connectivity index (χ1n) is 11.6. The topological polar surface area (TPSA) is 61.4 Å². The Labute approximate surface area is 199 Å². The lowest BCUT2D eigenvalue weighted by molar-refractivity contribution is -0.121. The number of anilines is 1. The zero-order valence-corrected chi connectivity index (χ0v) is 19.8. The minimum atomic E-state index is -0.266. The van der Waals surface area contributed by atoms with E-state index >= 15 is 0 Å². The van der Waals surface area contributed by atoms with Gasteiger partial charge in [-0.2, -0.15) is 0 Å². The maximum absolute atomic E-state index is 13.1. The molecule has 0 bridgehead atoms. The van der Waals surface area contributed by atoms with Crippen LogP contribution in [-0.4, -0.2) is 36.5 Å². The Morgan fingerprint density at radius 3 is 2.48 bits per heavy atom. The molecule has 1 fully saturated rings. The Balaban J connectivity index is 1.45. The van der Waals surface area contributed by atoms with E-state index in [4.69, 9.17) is 0 Å². The Hall–Kier alpha value is -3.12. The van der Waals surface area contributed by atoms with E-state index in [0.29, 0.717) is 19.6 Å². The van der Waals surface area contributed by atoms with Gasteiger partial charge in [0.25, 0.3) is 0 Å². The van der Waals surface area contributed by atoms with Gasteiger partial charge in [0.05, 0.1) is 5.92 Å². The number of thiophene rings is 1. The monoisotopic (exact) mass is 461 g/mol. The summed E-state index contributed by atoms with van der Waals surface area (Å²) < 4.78 is 0. The standard InChI is InChI=1S/C27H31N3O2S/c1-2-20-10-12-21(13-11-20)22-17-23(26(31)29-24-7-4-3-5-8-24)19-30(18-22)27(32)28-15-14-25-9-6-16-33-25/h3-13,16,22-23H,2,14-15,17-19H2,1H3,(H,28,32)(H,29,31). The molecule has 1 aromatic heterocycles. The number of carbonyl (C=O) groups excluding carboxylic acids is 2. The minimum absolute atomic E-state index is 0.0348. The molecule has 0 aliphatic carbocycles. The van der Waals surface area contributed by atoms with Crippen molar-refractivity contribution >= 4 is 29.0 Å². The fourth-order valence-electron chi connectivity index (χ4n) is 4.35. The van der Waals surface area contributed by atoms with Crippen LogP contribution in [0.1, 0.15) is 35.3 Å². The smallest absolute Gasteiger partial charge is 0.317 e. The highest BCUT2D eigenvalue weighted by Crippen LogP contribution is 2.31. The molecular weight excluding hydrogens is 430 g/mol. The number of benzene rings is 2. The molecule has 33 heavy (non-hydrogen) atoms. The van der Waals surface area contributed by atoms with Crippen molar-refractivity contribution in [3.8, 4) is 0 Å². The van der Waals surface area contributed by atoms with Crippen LogP contribution in [0.25, 0.3) is 0 Å². The summed E-state index contributed by atoms with van der Waals surface area (Å²) in [4.78, 5) is 29.2. The summed E-state index contributed by atoms with van der Waals surface area (Å²) in [5.74, 6) is -0.176. The lowest BCUT2D eigenvalue weighted by atomic mass is 9.83. The highest BCUT2D eigenvalue weighted by molar-refractivity contribution is 7.09. The molecule has 0 saturated carbocycles. The fourth-order valence-corrected chi connectivity index (χ4v) is 5.06. The summed E-state index contributed by atoms with van der Waals surface area (Å²) >= 11 is 1.70. The van der Waals surface area contributed by atoms with Gasteiger partial charge in [-0.25, -0.2) is 4.79 Å². The number of carbonyl (C=O) groups is 2. The molecule has 1 aliphatic rings. The van der Waals surface area contributed by atoms with Crippen LogP contribution in [0.15, 0.2) is 72.1 Å². The highest BCUT2D eigenvalue weighted by Gasteiger charge is 2.34. The first kappa shape index (κ1) is 23.1. The first-order valence-corrected chi connectivity index (χ1v) is 12.5. The predicted molar refractivity (Wildman–Crippen MR) is 135 cm³/mol. The molecule has 2 unspecified atom stereocenters. The predicted octanol–water partition coefficient (Wildman–Crippen LogP) is 5.31. The molecule has 2 atom stereocenters. The fraction of sp³-hybridized carbons (Fsp3) is 0.333. The Kier molecular flexibility index (Phi) is 7.79. The number of para-hydroxylation sites is 1. The highest BCUT2D eigenvalue weighted by atomic mass is 32.1. The number of nitrogens with one attached hydrogen (secondary N) is 2. The number of rotatable bonds is 7. The average Bonchev–Trinajstić information content (AvgIpc) is 3.38. The number of amides is 3. The van der Waals surface area contributed by atoms with Gasteiger partial charge in [0, 0.05) is 36.1 Å². The number of piperidine rings is 1. The molecule has 3 aromatic rings. The van der Waals surface area contributed by atoms with Crippen LogP contribution < -0.4 is 10.6 Å². The van der Waals surface area contributed by atoms with E-state index in [1.54, 1.807) is 11.3 Å². The third-order valence-corrected chi connectivity index (χ3v) is 7.17. The molecule has 5 nitrogen and oxygen atoms in total. The normalized spacial score (nSPS) is 18.0. The molecule has 2 N–H and O–H groups in total. The molecular formula is C27H31N3O2S. The Bertz CT molecular complexity index is 1030. The molecule has 172 valence electrons. The summed E-state index contributed by atoms with van der Waals surface area (Å²) in [6.07, 6.45) is 2.53. The van der Waals surface area contributed by atoms with Crippen LogP contribution in [0, 0.1) is 5.92 Å². The number of urea groups is 1. The van der Waals surface area contributed by atoms with Crippen molar-refractivity contribution in [2.45, 2.75) is 32.1 Å². The number of hydrogen-bond acceptors (Lipinski definition) is 3. The number of hydrogen-bond donors (Lipinski definition) is 2. The van der Waals surface area contributed by atoms with E-state index in [2.05, 4.69) is 47.9 Å². The molecule has 1 aliphatic heterocycles. The van der Waals surface area contributed by atoms with Gasteiger partial charge in [0.15, 0.2) is 0 Å².